The molecule has 0 saturated carbocycles. The van der Waals surface area contributed by atoms with Gasteiger partial charge in [-0.25, -0.2) is 0 Å². The van der Waals surface area contributed by atoms with Crippen molar-refractivity contribution in [2.45, 2.75) is 38.4 Å². The zero-order valence-electron chi connectivity index (χ0n) is 9.54. The van der Waals surface area contributed by atoms with Crippen LogP contribution < -0.4 is 21.7 Å². The molecule has 5 N–H and O–H groups in total. The van der Waals surface area contributed by atoms with Crippen molar-refractivity contribution in [2.24, 2.45) is 5.73 Å². The van der Waals surface area contributed by atoms with Crippen LogP contribution in [0.1, 0.15) is 13.8 Å². The first kappa shape index (κ1) is 11.9. The predicted molar refractivity (Wildman–Crippen MR) is 58.6 cm³/mol. The normalized spacial score (nSPS) is 28.5. The molecule has 3 atom stereocenters. The summed E-state index contributed by atoms with van der Waals surface area (Å²) >= 11 is 0. The molecule has 1 aliphatic heterocycles. The highest BCUT2D eigenvalue weighted by Crippen LogP contribution is 2.15. The Hall–Kier alpha value is -0.200. The summed E-state index contributed by atoms with van der Waals surface area (Å²) in [4.78, 5) is 2.33. The Morgan fingerprint density at radius 2 is 2.14 bits per heavy atom. The molecule has 0 aromatic rings. The van der Waals surface area contributed by atoms with Crippen LogP contribution in [0.25, 0.3) is 0 Å². The highest BCUT2D eigenvalue weighted by molar-refractivity contribution is 4.98. The predicted octanol–water partition coefficient (Wildman–Crippen LogP) is -1.32. The van der Waals surface area contributed by atoms with E-state index in [1.165, 1.54) is 0 Å². The average Bonchev–Trinajstić information content (AvgIpc) is 2.92. The van der Waals surface area contributed by atoms with E-state index >= 15 is 0 Å². The highest BCUT2D eigenvalue weighted by Gasteiger charge is 2.39. The molecular formula is C9H23N5. The second-order valence-electron chi connectivity index (χ2n) is 4.15. The molecule has 0 aromatic carbocycles. The standard InChI is InChI=1S/C9H23N5/c1-6(2)14(4)8-7(13-8)5-12-9(10)11-3/h6-9,11-13H,5,10H2,1-4H3. The van der Waals surface area contributed by atoms with Gasteiger partial charge in [-0.2, -0.15) is 0 Å². The Morgan fingerprint density at radius 1 is 1.50 bits per heavy atom. The Balaban J connectivity index is 2.14. The zero-order chi connectivity index (χ0) is 10.7. The molecule has 0 spiro atoms. The van der Waals surface area contributed by atoms with Crippen molar-refractivity contribution in [2.75, 3.05) is 20.6 Å². The topological polar surface area (TPSA) is 75.3 Å². The molecule has 0 aliphatic carbocycles. The van der Waals surface area contributed by atoms with E-state index < -0.39 is 0 Å². The van der Waals surface area contributed by atoms with Crippen LogP contribution >= 0.6 is 0 Å². The van der Waals surface area contributed by atoms with Crippen molar-refractivity contribution in [3.8, 4) is 0 Å². The smallest absolute Gasteiger partial charge is 0.109 e. The molecule has 0 amide bonds. The summed E-state index contributed by atoms with van der Waals surface area (Å²) in [5.41, 5.74) is 5.67. The van der Waals surface area contributed by atoms with Gasteiger partial charge in [0.25, 0.3) is 0 Å². The minimum absolute atomic E-state index is 0.109. The Labute approximate surface area is 86.4 Å². The number of hydrogen-bond donors (Lipinski definition) is 4. The minimum atomic E-state index is -0.109. The third-order valence-corrected chi connectivity index (χ3v) is 2.78. The fraction of sp³-hybridized carbons (Fsp3) is 1.00. The third kappa shape index (κ3) is 3.18. The fourth-order valence-corrected chi connectivity index (χ4v) is 1.41. The van der Waals surface area contributed by atoms with E-state index in [2.05, 4.69) is 41.7 Å². The molecule has 1 saturated heterocycles. The van der Waals surface area contributed by atoms with Gasteiger partial charge >= 0.3 is 0 Å². The number of nitrogens with two attached hydrogens (primary N) is 1. The van der Waals surface area contributed by atoms with Gasteiger partial charge in [0.15, 0.2) is 0 Å². The summed E-state index contributed by atoms with van der Waals surface area (Å²) in [5, 5.41) is 9.55. The lowest BCUT2D eigenvalue weighted by atomic mass is 10.3. The van der Waals surface area contributed by atoms with E-state index in [4.69, 9.17) is 5.73 Å². The number of rotatable bonds is 6. The van der Waals surface area contributed by atoms with Crippen LogP contribution in [0, 0.1) is 0 Å². The van der Waals surface area contributed by atoms with Gasteiger partial charge in [-0.15, -0.1) is 0 Å². The molecule has 5 heteroatoms. The van der Waals surface area contributed by atoms with Crippen LogP contribution in [0.15, 0.2) is 0 Å². The van der Waals surface area contributed by atoms with Crippen molar-refractivity contribution < 1.29 is 0 Å². The number of hydrogen-bond acceptors (Lipinski definition) is 5. The lowest BCUT2D eigenvalue weighted by Gasteiger charge is -2.20. The maximum atomic E-state index is 5.67. The number of likely N-dealkylation sites (N-methyl/N-ethyl adjacent to an activating group) is 1. The van der Waals surface area contributed by atoms with Crippen molar-refractivity contribution in [3.05, 3.63) is 0 Å². The first-order valence-electron chi connectivity index (χ1n) is 5.20. The molecular weight excluding hydrogens is 178 g/mol. The highest BCUT2D eigenvalue weighted by atomic mass is 15.4. The fourth-order valence-electron chi connectivity index (χ4n) is 1.41. The monoisotopic (exact) mass is 201 g/mol. The minimum Gasteiger partial charge on any atom is -0.304 e. The summed E-state index contributed by atoms with van der Waals surface area (Å²) in [6, 6.07) is 1.11. The Bertz CT molecular complexity index is 173. The maximum absolute atomic E-state index is 5.67. The van der Waals surface area contributed by atoms with Crippen LogP contribution in [-0.2, 0) is 0 Å². The number of nitrogens with zero attached hydrogens (tertiary/aromatic N) is 1. The van der Waals surface area contributed by atoms with Crippen LogP contribution in [0.4, 0.5) is 0 Å². The summed E-state index contributed by atoms with van der Waals surface area (Å²) < 4.78 is 0. The number of nitrogens with one attached hydrogen (secondary N) is 3. The van der Waals surface area contributed by atoms with Crippen LogP contribution in [0.3, 0.4) is 0 Å². The summed E-state index contributed by atoms with van der Waals surface area (Å²) in [7, 11) is 3.98. The van der Waals surface area contributed by atoms with Crippen LogP contribution in [0.2, 0.25) is 0 Å². The second-order valence-corrected chi connectivity index (χ2v) is 4.15. The molecule has 0 radical (unpaired) electrons. The second kappa shape index (κ2) is 5.04. The van der Waals surface area contributed by atoms with Gasteiger partial charge in [0.1, 0.15) is 6.29 Å². The van der Waals surface area contributed by atoms with Crippen molar-refractivity contribution >= 4 is 0 Å². The van der Waals surface area contributed by atoms with E-state index in [9.17, 15) is 0 Å². The van der Waals surface area contributed by atoms with Gasteiger partial charge in [-0.1, -0.05) is 0 Å². The van der Waals surface area contributed by atoms with Gasteiger partial charge < -0.3 is 5.73 Å². The lowest BCUT2D eigenvalue weighted by molar-refractivity contribution is 0.253. The van der Waals surface area contributed by atoms with E-state index in [1.54, 1.807) is 0 Å². The molecule has 0 aromatic heterocycles. The summed E-state index contributed by atoms with van der Waals surface area (Å²) in [5.74, 6) is 0. The van der Waals surface area contributed by atoms with Gasteiger partial charge in [0.05, 0.1) is 6.17 Å². The molecule has 0 bridgehead atoms. The largest absolute Gasteiger partial charge is 0.304 e. The van der Waals surface area contributed by atoms with E-state index in [-0.39, 0.29) is 6.29 Å². The molecule has 84 valence electrons. The van der Waals surface area contributed by atoms with Crippen molar-refractivity contribution in [1.29, 1.82) is 0 Å². The van der Waals surface area contributed by atoms with Gasteiger partial charge in [0.2, 0.25) is 0 Å². The van der Waals surface area contributed by atoms with E-state index in [1.807, 2.05) is 7.05 Å². The van der Waals surface area contributed by atoms with Crippen molar-refractivity contribution in [3.63, 3.8) is 0 Å². The Kier molecular flexibility index (Phi) is 4.28. The zero-order valence-corrected chi connectivity index (χ0v) is 9.54. The van der Waals surface area contributed by atoms with Crippen LogP contribution in [-0.4, -0.2) is 50.1 Å². The average molecular weight is 201 g/mol. The molecule has 1 heterocycles. The van der Waals surface area contributed by atoms with Gasteiger partial charge in [0, 0.05) is 18.6 Å². The SMILES string of the molecule is CNC(N)NCC1NC1N(C)C(C)C. The third-order valence-electron chi connectivity index (χ3n) is 2.78. The van der Waals surface area contributed by atoms with Gasteiger partial charge in [-0.05, 0) is 27.9 Å². The van der Waals surface area contributed by atoms with Gasteiger partial charge in [-0.3, -0.25) is 20.9 Å². The van der Waals surface area contributed by atoms with Crippen LogP contribution in [0.5, 0.6) is 0 Å². The molecule has 1 rings (SSSR count). The first-order chi connectivity index (χ1) is 6.56. The maximum Gasteiger partial charge on any atom is 0.109 e. The lowest BCUT2D eigenvalue weighted by Crippen LogP contribution is -2.49. The van der Waals surface area contributed by atoms with E-state index in [0.29, 0.717) is 18.2 Å². The molecule has 5 nitrogen and oxygen atoms in total. The first-order valence-corrected chi connectivity index (χ1v) is 5.20. The molecule has 14 heavy (non-hydrogen) atoms. The molecule has 3 unspecified atom stereocenters. The summed E-state index contributed by atoms with van der Waals surface area (Å²) in [6.45, 7) is 5.30. The molecule has 1 aliphatic rings. The Morgan fingerprint density at radius 3 is 2.64 bits per heavy atom. The summed E-state index contributed by atoms with van der Waals surface area (Å²) in [6.07, 6.45) is 0.397. The van der Waals surface area contributed by atoms with Crippen molar-refractivity contribution in [1.82, 2.24) is 20.9 Å². The quantitative estimate of drug-likeness (QED) is 0.317. The molecule has 1 fully saturated rings. The van der Waals surface area contributed by atoms with E-state index in [0.717, 1.165) is 6.54 Å².